The van der Waals surface area contributed by atoms with E-state index in [-0.39, 0.29) is 5.91 Å². The first-order valence-electron chi connectivity index (χ1n) is 5.73. The topological polar surface area (TPSA) is 23.6 Å². The van der Waals surface area contributed by atoms with Gasteiger partial charge in [0.25, 0.3) is 0 Å². The number of rotatable bonds is 2. The molecule has 0 aromatic rings. The van der Waals surface area contributed by atoms with E-state index in [0.717, 1.165) is 25.6 Å². The van der Waals surface area contributed by atoms with Gasteiger partial charge in [0, 0.05) is 31.9 Å². The van der Waals surface area contributed by atoms with Gasteiger partial charge in [0.05, 0.1) is 0 Å². The maximum absolute atomic E-state index is 11.7. The second kappa shape index (κ2) is 4.71. The summed E-state index contributed by atoms with van der Waals surface area (Å²) < 4.78 is 0. The Bertz CT molecular complexity index is 247. The van der Waals surface area contributed by atoms with Gasteiger partial charge in [-0.15, -0.1) is 11.6 Å². The lowest BCUT2D eigenvalue weighted by molar-refractivity contribution is -0.129. The number of likely N-dealkylation sites (tertiary alicyclic amines) is 2. The van der Waals surface area contributed by atoms with Crippen LogP contribution in [-0.4, -0.2) is 54.8 Å². The van der Waals surface area contributed by atoms with Crippen molar-refractivity contribution in [1.29, 1.82) is 0 Å². The predicted molar refractivity (Wildman–Crippen MR) is 61.0 cm³/mol. The summed E-state index contributed by atoms with van der Waals surface area (Å²) in [5.41, 5.74) is 0. The van der Waals surface area contributed by atoms with Gasteiger partial charge in [0.2, 0.25) is 5.91 Å². The van der Waals surface area contributed by atoms with Crippen molar-refractivity contribution < 1.29 is 4.79 Å². The van der Waals surface area contributed by atoms with Crippen molar-refractivity contribution >= 4 is 17.5 Å². The number of halogens is 1. The number of carbonyl (C=O) groups excluding carboxylic acids is 1. The summed E-state index contributed by atoms with van der Waals surface area (Å²) in [6, 6.07) is 0. The second-order valence-corrected chi connectivity index (χ2v) is 5.19. The van der Waals surface area contributed by atoms with Crippen LogP contribution in [0.5, 0.6) is 0 Å². The zero-order chi connectivity index (χ0) is 10.8. The molecule has 3 nitrogen and oxygen atoms in total. The van der Waals surface area contributed by atoms with Gasteiger partial charge >= 0.3 is 0 Å². The molecule has 2 unspecified atom stereocenters. The normalized spacial score (nSPS) is 31.7. The van der Waals surface area contributed by atoms with E-state index in [9.17, 15) is 4.79 Å². The Morgan fingerprint density at radius 1 is 1.33 bits per heavy atom. The van der Waals surface area contributed by atoms with Crippen LogP contribution in [0.15, 0.2) is 0 Å². The van der Waals surface area contributed by atoms with E-state index in [1.54, 1.807) is 0 Å². The van der Waals surface area contributed by atoms with Gasteiger partial charge in [-0.2, -0.15) is 0 Å². The number of fused-ring (bicyclic) bond motifs is 1. The predicted octanol–water partition coefficient (Wildman–Crippen LogP) is 1.03. The molecule has 1 amide bonds. The van der Waals surface area contributed by atoms with Crippen molar-refractivity contribution in [2.24, 2.45) is 11.8 Å². The minimum absolute atomic E-state index is 0.238. The molecule has 0 radical (unpaired) electrons. The smallest absolute Gasteiger partial charge is 0.223 e. The Hall–Kier alpha value is -0.280. The molecular formula is C11H19ClN2O. The third-order valence-corrected chi connectivity index (χ3v) is 3.85. The molecule has 2 heterocycles. The lowest BCUT2D eigenvalue weighted by Gasteiger charge is -2.31. The maximum Gasteiger partial charge on any atom is 0.223 e. The quantitative estimate of drug-likeness (QED) is 0.662. The van der Waals surface area contributed by atoms with Gasteiger partial charge < -0.3 is 9.80 Å². The Kier molecular flexibility index (Phi) is 3.52. The number of alkyl halides is 1. The van der Waals surface area contributed by atoms with E-state index < -0.39 is 0 Å². The van der Waals surface area contributed by atoms with E-state index in [1.807, 2.05) is 4.90 Å². The van der Waals surface area contributed by atoms with Crippen molar-refractivity contribution in [3.05, 3.63) is 0 Å². The molecule has 2 saturated heterocycles. The molecule has 2 aliphatic heterocycles. The summed E-state index contributed by atoms with van der Waals surface area (Å²) in [7, 11) is 2.17. The van der Waals surface area contributed by atoms with Gasteiger partial charge in [-0.1, -0.05) is 0 Å². The zero-order valence-corrected chi connectivity index (χ0v) is 10.0. The molecule has 0 aromatic carbocycles. The fraction of sp³-hybridized carbons (Fsp3) is 0.909. The van der Waals surface area contributed by atoms with Crippen LogP contribution in [0, 0.1) is 11.8 Å². The first-order chi connectivity index (χ1) is 7.20. The fourth-order valence-corrected chi connectivity index (χ4v) is 2.95. The van der Waals surface area contributed by atoms with Crippen LogP contribution < -0.4 is 0 Å². The lowest BCUT2D eigenvalue weighted by atomic mass is 9.89. The molecule has 0 N–H and O–H groups in total. The molecule has 0 saturated carbocycles. The zero-order valence-electron chi connectivity index (χ0n) is 9.29. The minimum atomic E-state index is 0.238. The summed E-state index contributed by atoms with van der Waals surface area (Å²) in [5, 5.41) is 0. The Morgan fingerprint density at radius 2 is 2.07 bits per heavy atom. The molecular weight excluding hydrogens is 212 g/mol. The Morgan fingerprint density at radius 3 is 2.80 bits per heavy atom. The van der Waals surface area contributed by atoms with Crippen LogP contribution in [0.3, 0.4) is 0 Å². The number of piperidine rings is 1. The third-order valence-electron chi connectivity index (χ3n) is 3.67. The molecule has 15 heavy (non-hydrogen) atoms. The average Bonchev–Trinajstić information content (AvgIpc) is 2.60. The van der Waals surface area contributed by atoms with Crippen molar-refractivity contribution in [3.63, 3.8) is 0 Å². The van der Waals surface area contributed by atoms with Crippen molar-refractivity contribution in [1.82, 2.24) is 9.80 Å². The Labute approximate surface area is 96.4 Å². The van der Waals surface area contributed by atoms with Crippen LogP contribution in [0.1, 0.15) is 12.8 Å². The summed E-state index contributed by atoms with van der Waals surface area (Å²) in [6.45, 7) is 4.24. The first-order valence-corrected chi connectivity index (χ1v) is 6.26. The Balaban J connectivity index is 1.90. The van der Waals surface area contributed by atoms with Crippen molar-refractivity contribution in [3.8, 4) is 0 Å². The largest absolute Gasteiger partial charge is 0.342 e. The summed E-state index contributed by atoms with van der Waals surface area (Å²) in [6.07, 6.45) is 1.74. The van der Waals surface area contributed by atoms with Crippen LogP contribution in [0.4, 0.5) is 0 Å². The van der Waals surface area contributed by atoms with Gasteiger partial charge in [-0.25, -0.2) is 0 Å². The molecule has 2 atom stereocenters. The number of carbonyl (C=O) groups is 1. The monoisotopic (exact) mass is 230 g/mol. The maximum atomic E-state index is 11.7. The van der Waals surface area contributed by atoms with E-state index in [2.05, 4.69) is 11.9 Å². The SMILES string of the molecule is CN1CCC2CN(C(=O)CCCl)CC2C1. The highest BCUT2D eigenvalue weighted by molar-refractivity contribution is 6.18. The van der Waals surface area contributed by atoms with Gasteiger partial charge in [0.15, 0.2) is 0 Å². The van der Waals surface area contributed by atoms with Crippen molar-refractivity contribution in [2.45, 2.75) is 12.8 Å². The third kappa shape index (κ3) is 2.45. The number of hydrogen-bond donors (Lipinski definition) is 0. The van der Waals surface area contributed by atoms with Gasteiger partial charge in [-0.05, 0) is 31.8 Å². The summed E-state index contributed by atoms with van der Waals surface area (Å²) in [4.78, 5) is 16.1. The molecule has 2 rings (SSSR count). The van der Waals surface area contributed by atoms with Crippen LogP contribution >= 0.6 is 11.6 Å². The van der Waals surface area contributed by atoms with Gasteiger partial charge in [0.1, 0.15) is 0 Å². The van der Waals surface area contributed by atoms with Crippen LogP contribution in [-0.2, 0) is 4.79 Å². The molecule has 4 heteroatoms. The van der Waals surface area contributed by atoms with E-state index >= 15 is 0 Å². The van der Waals surface area contributed by atoms with E-state index in [4.69, 9.17) is 11.6 Å². The second-order valence-electron chi connectivity index (χ2n) is 4.81. The molecule has 0 bridgehead atoms. The molecule has 86 valence electrons. The highest BCUT2D eigenvalue weighted by atomic mass is 35.5. The first kappa shape index (κ1) is 11.2. The minimum Gasteiger partial charge on any atom is -0.342 e. The standard InChI is InChI=1S/C11H19ClN2O/c1-13-5-3-9-7-14(8-10(9)6-13)11(15)2-4-12/h9-10H,2-8H2,1H3. The summed E-state index contributed by atoms with van der Waals surface area (Å²) in [5.74, 6) is 2.12. The van der Waals surface area contributed by atoms with Crippen molar-refractivity contribution in [2.75, 3.05) is 39.1 Å². The highest BCUT2D eigenvalue weighted by Gasteiger charge is 2.37. The molecule has 2 fully saturated rings. The number of hydrogen-bond acceptors (Lipinski definition) is 2. The number of nitrogens with zero attached hydrogens (tertiary/aromatic N) is 2. The number of amides is 1. The lowest BCUT2D eigenvalue weighted by Crippen LogP contribution is -2.37. The van der Waals surface area contributed by atoms with Crippen LogP contribution in [0.2, 0.25) is 0 Å². The molecule has 0 aliphatic carbocycles. The van der Waals surface area contributed by atoms with Crippen LogP contribution in [0.25, 0.3) is 0 Å². The van der Waals surface area contributed by atoms with Gasteiger partial charge in [-0.3, -0.25) is 4.79 Å². The fourth-order valence-electron chi connectivity index (χ4n) is 2.79. The van der Waals surface area contributed by atoms with E-state index in [1.165, 1.54) is 13.0 Å². The molecule has 2 aliphatic rings. The molecule has 0 aromatic heterocycles. The van der Waals surface area contributed by atoms with E-state index in [0.29, 0.717) is 18.2 Å². The highest BCUT2D eigenvalue weighted by Crippen LogP contribution is 2.30. The summed E-state index contributed by atoms with van der Waals surface area (Å²) >= 11 is 5.60. The molecule has 0 spiro atoms. The average molecular weight is 231 g/mol.